The molecule has 0 saturated heterocycles. The predicted molar refractivity (Wildman–Crippen MR) is 145 cm³/mol. The van der Waals surface area contributed by atoms with Crippen molar-refractivity contribution in [3.05, 3.63) is 115 Å². The fourth-order valence-electron chi connectivity index (χ4n) is 5.21. The second kappa shape index (κ2) is 7.71. The summed E-state index contributed by atoms with van der Waals surface area (Å²) in [6.07, 6.45) is 0. The highest BCUT2D eigenvalue weighted by Gasteiger charge is 2.18. The SMILES string of the molecule is Cc1nc(-c2c3ccccc3cc3ccccc23)nc(-c2c3ccccc3cc3ccccc23)n1. The van der Waals surface area contributed by atoms with Crippen molar-refractivity contribution in [2.24, 2.45) is 0 Å². The molecule has 0 bridgehead atoms. The molecule has 0 aliphatic rings. The van der Waals surface area contributed by atoms with Crippen LogP contribution in [0.5, 0.6) is 0 Å². The molecular formula is C32H21N3. The first kappa shape index (κ1) is 19.8. The van der Waals surface area contributed by atoms with E-state index >= 15 is 0 Å². The zero-order chi connectivity index (χ0) is 23.4. The van der Waals surface area contributed by atoms with E-state index in [0.29, 0.717) is 17.5 Å². The first-order valence-electron chi connectivity index (χ1n) is 11.8. The zero-order valence-corrected chi connectivity index (χ0v) is 19.2. The van der Waals surface area contributed by atoms with Crippen molar-refractivity contribution in [1.82, 2.24) is 15.0 Å². The van der Waals surface area contributed by atoms with Gasteiger partial charge in [-0.1, -0.05) is 97.1 Å². The monoisotopic (exact) mass is 447 g/mol. The summed E-state index contributed by atoms with van der Waals surface area (Å²) in [6.45, 7) is 1.95. The zero-order valence-electron chi connectivity index (χ0n) is 19.2. The highest BCUT2D eigenvalue weighted by atomic mass is 15.0. The molecule has 1 heterocycles. The van der Waals surface area contributed by atoms with Gasteiger partial charge >= 0.3 is 0 Å². The van der Waals surface area contributed by atoms with Gasteiger partial charge in [-0.15, -0.1) is 0 Å². The molecular weight excluding hydrogens is 426 g/mol. The van der Waals surface area contributed by atoms with Gasteiger partial charge in [-0.2, -0.15) is 0 Å². The molecule has 0 amide bonds. The van der Waals surface area contributed by atoms with E-state index in [0.717, 1.165) is 32.7 Å². The number of benzene rings is 6. The quantitative estimate of drug-likeness (QED) is 0.251. The molecule has 164 valence electrons. The van der Waals surface area contributed by atoms with Crippen LogP contribution in [0, 0.1) is 6.92 Å². The van der Waals surface area contributed by atoms with E-state index < -0.39 is 0 Å². The molecule has 3 heteroatoms. The van der Waals surface area contributed by atoms with Gasteiger partial charge in [0.25, 0.3) is 0 Å². The minimum absolute atomic E-state index is 0.706. The summed E-state index contributed by atoms with van der Waals surface area (Å²) < 4.78 is 0. The van der Waals surface area contributed by atoms with Crippen molar-refractivity contribution in [3.8, 4) is 22.8 Å². The van der Waals surface area contributed by atoms with E-state index in [1.807, 2.05) is 6.92 Å². The van der Waals surface area contributed by atoms with Crippen molar-refractivity contribution >= 4 is 43.1 Å². The Kier molecular flexibility index (Phi) is 4.36. The fraction of sp³-hybridized carbons (Fsp3) is 0.0312. The van der Waals surface area contributed by atoms with Crippen molar-refractivity contribution in [2.45, 2.75) is 6.92 Å². The smallest absolute Gasteiger partial charge is 0.164 e. The standard InChI is InChI=1S/C32H21N3/c1-20-33-31(29-25-14-6-2-10-21(25)18-22-11-3-7-15-26(22)29)35-32(34-20)30-27-16-8-4-12-23(27)19-24-13-5-9-17-28(24)30/h2-19H,1H3. The number of hydrogen-bond acceptors (Lipinski definition) is 3. The lowest BCUT2D eigenvalue weighted by molar-refractivity contribution is 0.997. The molecule has 7 aromatic rings. The van der Waals surface area contributed by atoms with Gasteiger partial charge in [-0.05, 0) is 62.1 Å². The Morgan fingerprint density at radius 3 is 1.06 bits per heavy atom. The number of rotatable bonds is 2. The molecule has 6 aromatic carbocycles. The van der Waals surface area contributed by atoms with Crippen LogP contribution in [0.1, 0.15) is 5.82 Å². The Bertz CT molecular complexity index is 1680. The molecule has 0 spiro atoms. The third-order valence-corrected chi connectivity index (χ3v) is 6.74. The van der Waals surface area contributed by atoms with E-state index in [1.165, 1.54) is 21.5 Å². The lowest BCUT2D eigenvalue weighted by Gasteiger charge is -2.14. The predicted octanol–water partition coefficient (Wildman–Crippen LogP) is 8.13. The minimum Gasteiger partial charge on any atom is -0.213 e. The van der Waals surface area contributed by atoms with Crippen LogP contribution in [0.15, 0.2) is 109 Å². The van der Waals surface area contributed by atoms with Crippen LogP contribution in [0.3, 0.4) is 0 Å². The van der Waals surface area contributed by atoms with Crippen LogP contribution < -0.4 is 0 Å². The first-order chi connectivity index (χ1) is 17.3. The molecule has 7 rings (SSSR count). The molecule has 0 radical (unpaired) electrons. The molecule has 0 aliphatic heterocycles. The summed E-state index contributed by atoms with van der Waals surface area (Å²) in [4.78, 5) is 14.9. The summed E-state index contributed by atoms with van der Waals surface area (Å²) in [5, 5.41) is 9.29. The second-order valence-corrected chi connectivity index (χ2v) is 8.92. The largest absolute Gasteiger partial charge is 0.213 e. The van der Waals surface area contributed by atoms with Gasteiger partial charge in [-0.3, -0.25) is 0 Å². The average molecular weight is 448 g/mol. The molecule has 35 heavy (non-hydrogen) atoms. The van der Waals surface area contributed by atoms with Crippen molar-refractivity contribution in [2.75, 3.05) is 0 Å². The Labute approximate surface area is 202 Å². The molecule has 3 nitrogen and oxygen atoms in total. The average Bonchev–Trinajstić information content (AvgIpc) is 2.90. The van der Waals surface area contributed by atoms with Crippen molar-refractivity contribution < 1.29 is 0 Å². The van der Waals surface area contributed by atoms with Gasteiger partial charge < -0.3 is 0 Å². The summed E-state index contributed by atoms with van der Waals surface area (Å²) in [5.74, 6) is 2.12. The van der Waals surface area contributed by atoms with Crippen LogP contribution in [0.2, 0.25) is 0 Å². The minimum atomic E-state index is 0.706. The lowest BCUT2D eigenvalue weighted by atomic mass is 9.95. The number of hydrogen-bond donors (Lipinski definition) is 0. The van der Waals surface area contributed by atoms with Crippen molar-refractivity contribution in [1.29, 1.82) is 0 Å². The van der Waals surface area contributed by atoms with Gasteiger partial charge in [0.2, 0.25) is 0 Å². The Morgan fingerprint density at radius 1 is 0.400 bits per heavy atom. The molecule has 0 fully saturated rings. The van der Waals surface area contributed by atoms with Crippen molar-refractivity contribution in [3.63, 3.8) is 0 Å². The fourth-order valence-corrected chi connectivity index (χ4v) is 5.21. The van der Waals surface area contributed by atoms with Gasteiger partial charge in [0.05, 0.1) is 0 Å². The van der Waals surface area contributed by atoms with Crippen LogP contribution in [-0.2, 0) is 0 Å². The summed E-state index contributed by atoms with van der Waals surface area (Å²) in [7, 11) is 0. The van der Waals surface area contributed by atoms with E-state index in [-0.39, 0.29) is 0 Å². The normalized spacial score (nSPS) is 11.6. The number of aromatic nitrogens is 3. The number of fused-ring (bicyclic) bond motifs is 4. The highest BCUT2D eigenvalue weighted by molar-refractivity contribution is 6.13. The third-order valence-electron chi connectivity index (χ3n) is 6.74. The second-order valence-electron chi connectivity index (χ2n) is 8.92. The lowest BCUT2D eigenvalue weighted by Crippen LogP contribution is -2.01. The topological polar surface area (TPSA) is 38.7 Å². The molecule has 0 atom stereocenters. The molecule has 0 unspecified atom stereocenters. The van der Waals surface area contributed by atoms with Gasteiger partial charge in [0.1, 0.15) is 5.82 Å². The maximum atomic E-state index is 5.15. The van der Waals surface area contributed by atoms with Gasteiger partial charge in [-0.25, -0.2) is 15.0 Å². The van der Waals surface area contributed by atoms with Crippen LogP contribution in [-0.4, -0.2) is 15.0 Å². The van der Waals surface area contributed by atoms with E-state index in [2.05, 4.69) is 109 Å². The number of nitrogens with zero attached hydrogens (tertiary/aromatic N) is 3. The molecule has 1 aromatic heterocycles. The Morgan fingerprint density at radius 2 is 0.714 bits per heavy atom. The maximum absolute atomic E-state index is 5.15. The highest BCUT2D eigenvalue weighted by Crippen LogP contribution is 2.38. The van der Waals surface area contributed by atoms with Crippen LogP contribution in [0.4, 0.5) is 0 Å². The van der Waals surface area contributed by atoms with Gasteiger partial charge in [0.15, 0.2) is 11.6 Å². The summed E-state index contributed by atoms with van der Waals surface area (Å²) in [6, 6.07) is 38.3. The van der Waals surface area contributed by atoms with Crippen LogP contribution in [0.25, 0.3) is 65.9 Å². The Balaban J connectivity index is 1.60. The summed E-state index contributed by atoms with van der Waals surface area (Å²) in [5.41, 5.74) is 2.10. The van der Waals surface area contributed by atoms with Gasteiger partial charge in [0, 0.05) is 11.1 Å². The molecule has 0 saturated carbocycles. The summed E-state index contributed by atoms with van der Waals surface area (Å²) >= 11 is 0. The Hall–Kier alpha value is -4.63. The maximum Gasteiger partial charge on any atom is 0.164 e. The third kappa shape index (κ3) is 3.17. The number of aryl methyl sites for hydroxylation is 1. The molecule has 0 N–H and O–H groups in total. The van der Waals surface area contributed by atoms with E-state index in [1.54, 1.807) is 0 Å². The first-order valence-corrected chi connectivity index (χ1v) is 11.8. The van der Waals surface area contributed by atoms with E-state index in [4.69, 9.17) is 15.0 Å². The van der Waals surface area contributed by atoms with Crippen LogP contribution >= 0.6 is 0 Å². The van der Waals surface area contributed by atoms with E-state index in [9.17, 15) is 0 Å². The molecule has 0 aliphatic carbocycles.